The van der Waals surface area contributed by atoms with Gasteiger partial charge in [-0.15, -0.1) is 6.42 Å². The third-order valence-electron chi connectivity index (χ3n) is 10.7. The van der Waals surface area contributed by atoms with E-state index in [2.05, 4.69) is 27.6 Å². The second-order valence-corrected chi connectivity index (χ2v) is 13.4. The Bertz CT molecular complexity index is 1930. The standard InChI is InChI=1S/C35H34F3N5O2/c1-3-23-25(37)8-7-20-15-22(44)16-24(27(20)23)30-29(38)31-28-26(39-30)9-12-34(2)10-4-5-14-43(34)32(28)41-33(40-31)45-19-35-11-6-13-42(35)18-21(36)17-35/h1,7-8,15-16,21,44H,4-6,9-14,17-19H2,2H3/t21-,34?,35+/m1/s1. The molecule has 6 heterocycles. The fourth-order valence-electron chi connectivity index (χ4n) is 8.41. The second kappa shape index (κ2) is 10.2. The lowest BCUT2D eigenvalue weighted by molar-refractivity contribution is 0.107. The van der Waals surface area contributed by atoms with Gasteiger partial charge in [-0.05, 0) is 82.0 Å². The Kier molecular flexibility index (Phi) is 6.44. The Labute approximate surface area is 259 Å². The molecule has 0 spiro atoms. The SMILES string of the molecule is C#Cc1c(F)ccc2cc(O)cc(-c3nc4c5c(nc(OC[C@@]67CCCN6C[C@H](F)C7)nc5c3F)N3CCCCC3(C)CC4)c12. The molecule has 0 amide bonds. The molecule has 232 valence electrons. The van der Waals surface area contributed by atoms with Crippen LogP contribution in [-0.4, -0.2) is 68.4 Å². The lowest BCUT2D eigenvalue weighted by Crippen LogP contribution is -2.50. The molecule has 45 heavy (non-hydrogen) atoms. The number of fused-ring (bicyclic) bond motifs is 4. The second-order valence-electron chi connectivity index (χ2n) is 13.4. The van der Waals surface area contributed by atoms with Gasteiger partial charge in [0.25, 0.3) is 0 Å². The van der Waals surface area contributed by atoms with Crippen molar-refractivity contribution in [3.05, 3.63) is 47.2 Å². The van der Waals surface area contributed by atoms with E-state index in [0.717, 1.165) is 51.6 Å². The Morgan fingerprint density at radius 2 is 1.93 bits per heavy atom. The maximum absolute atomic E-state index is 17.0. The molecule has 8 rings (SSSR count). The Balaban J connectivity index is 1.34. The number of phenolic OH excluding ortho intramolecular Hbond substituents is 1. The van der Waals surface area contributed by atoms with E-state index < -0.39 is 23.3 Å². The Hall–Kier alpha value is -4.10. The molecular weight excluding hydrogens is 579 g/mol. The van der Waals surface area contributed by atoms with E-state index in [0.29, 0.717) is 47.1 Å². The monoisotopic (exact) mass is 613 g/mol. The van der Waals surface area contributed by atoms with Crippen LogP contribution in [0.2, 0.25) is 0 Å². The van der Waals surface area contributed by atoms with Gasteiger partial charge in [0.15, 0.2) is 5.82 Å². The van der Waals surface area contributed by atoms with Gasteiger partial charge >= 0.3 is 6.01 Å². The number of hydrogen-bond donors (Lipinski definition) is 1. The van der Waals surface area contributed by atoms with E-state index in [-0.39, 0.29) is 46.2 Å². The number of hydrogen-bond acceptors (Lipinski definition) is 7. The van der Waals surface area contributed by atoms with Crippen molar-refractivity contribution >= 4 is 27.5 Å². The van der Waals surface area contributed by atoms with Crippen LogP contribution in [0.1, 0.15) is 63.1 Å². The minimum Gasteiger partial charge on any atom is -0.508 e. The maximum Gasteiger partial charge on any atom is 0.319 e. The quantitative estimate of drug-likeness (QED) is 0.265. The minimum atomic E-state index is -0.909. The molecule has 10 heteroatoms. The predicted octanol–water partition coefficient (Wildman–Crippen LogP) is 6.46. The number of piperidine rings is 1. The average Bonchev–Trinajstić information content (AvgIpc) is 3.51. The molecule has 7 nitrogen and oxygen atoms in total. The normalized spacial score (nSPS) is 26.1. The zero-order valence-electron chi connectivity index (χ0n) is 25.2. The molecule has 2 aromatic heterocycles. The number of aromatic hydroxyl groups is 1. The van der Waals surface area contributed by atoms with Crippen LogP contribution in [0.5, 0.6) is 11.8 Å². The molecule has 0 saturated carbocycles. The van der Waals surface area contributed by atoms with Crippen LogP contribution in [-0.2, 0) is 6.42 Å². The number of ether oxygens (including phenoxy) is 1. The van der Waals surface area contributed by atoms with Crippen molar-refractivity contribution in [1.29, 1.82) is 0 Å². The molecule has 1 unspecified atom stereocenters. The highest BCUT2D eigenvalue weighted by Gasteiger charge is 2.49. The van der Waals surface area contributed by atoms with Crippen LogP contribution >= 0.6 is 0 Å². The zero-order valence-corrected chi connectivity index (χ0v) is 25.2. The summed E-state index contributed by atoms with van der Waals surface area (Å²) in [4.78, 5) is 18.9. The van der Waals surface area contributed by atoms with E-state index in [1.807, 2.05) is 0 Å². The lowest BCUT2D eigenvalue weighted by atomic mass is 9.85. The number of anilines is 1. The molecule has 2 aromatic carbocycles. The zero-order chi connectivity index (χ0) is 31.1. The first kappa shape index (κ1) is 28.4. The minimum absolute atomic E-state index is 0.0326. The van der Waals surface area contributed by atoms with Gasteiger partial charge in [-0.1, -0.05) is 12.0 Å². The largest absolute Gasteiger partial charge is 0.508 e. The molecule has 0 aliphatic carbocycles. The number of nitrogens with zero attached hydrogens (tertiary/aromatic N) is 5. The number of aromatic nitrogens is 3. The van der Waals surface area contributed by atoms with Gasteiger partial charge in [0.05, 0.1) is 22.2 Å². The fraction of sp³-hybridized carbons (Fsp3) is 0.457. The summed E-state index contributed by atoms with van der Waals surface area (Å²) < 4.78 is 52.7. The summed E-state index contributed by atoms with van der Waals surface area (Å²) in [6.07, 6.45) is 11.3. The third kappa shape index (κ3) is 4.34. The van der Waals surface area contributed by atoms with Gasteiger partial charge in [0, 0.05) is 36.0 Å². The van der Waals surface area contributed by atoms with Crippen LogP contribution in [0.25, 0.3) is 32.9 Å². The molecular formula is C35H34F3N5O2. The van der Waals surface area contributed by atoms with E-state index in [4.69, 9.17) is 21.1 Å². The van der Waals surface area contributed by atoms with Gasteiger partial charge in [-0.25, -0.2) is 18.2 Å². The predicted molar refractivity (Wildman–Crippen MR) is 166 cm³/mol. The van der Waals surface area contributed by atoms with Crippen molar-refractivity contribution in [2.24, 2.45) is 0 Å². The maximum atomic E-state index is 17.0. The molecule has 4 aromatic rings. The molecule has 3 atom stereocenters. The first-order valence-corrected chi connectivity index (χ1v) is 15.8. The van der Waals surface area contributed by atoms with Crippen molar-refractivity contribution in [1.82, 2.24) is 19.9 Å². The van der Waals surface area contributed by atoms with Crippen LogP contribution in [0.15, 0.2) is 24.3 Å². The molecule has 4 aliphatic rings. The van der Waals surface area contributed by atoms with Crippen molar-refractivity contribution < 1.29 is 23.0 Å². The van der Waals surface area contributed by atoms with Gasteiger partial charge in [0.2, 0.25) is 0 Å². The summed E-state index contributed by atoms with van der Waals surface area (Å²) in [5.74, 6) is 1.52. The van der Waals surface area contributed by atoms with Gasteiger partial charge in [0.1, 0.15) is 41.4 Å². The summed E-state index contributed by atoms with van der Waals surface area (Å²) >= 11 is 0. The van der Waals surface area contributed by atoms with Crippen LogP contribution in [0.3, 0.4) is 0 Å². The summed E-state index contributed by atoms with van der Waals surface area (Å²) in [6.45, 7) is 4.40. The molecule has 3 fully saturated rings. The number of terminal acetylenes is 1. The summed E-state index contributed by atoms with van der Waals surface area (Å²) in [5, 5.41) is 11.9. The van der Waals surface area contributed by atoms with E-state index >= 15 is 4.39 Å². The number of halogens is 3. The first-order chi connectivity index (χ1) is 21.7. The van der Waals surface area contributed by atoms with Gasteiger partial charge in [-0.3, -0.25) is 4.90 Å². The van der Waals surface area contributed by atoms with Crippen LogP contribution in [0, 0.1) is 24.0 Å². The number of benzene rings is 2. The highest BCUT2D eigenvalue weighted by molar-refractivity contribution is 6.03. The summed E-state index contributed by atoms with van der Waals surface area (Å²) in [5.41, 5.74) is 0.117. The number of rotatable bonds is 4. The highest BCUT2D eigenvalue weighted by atomic mass is 19.1. The average molecular weight is 614 g/mol. The van der Waals surface area contributed by atoms with Gasteiger partial charge < -0.3 is 14.7 Å². The van der Waals surface area contributed by atoms with Crippen LogP contribution in [0.4, 0.5) is 19.0 Å². The third-order valence-corrected chi connectivity index (χ3v) is 10.7. The Morgan fingerprint density at radius 3 is 2.78 bits per heavy atom. The molecule has 1 N–H and O–H groups in total. The number of aryl methyl sites for hydroxylation is 1. The molecule has 0 bridgehead atoms. The van der Waals surface area contributed by atoms with Crippen LogP contribution < -0.4 is 9.64 Å². The lowest BCUT2D eigenvalue weighted by Gasteiger charge is -2.45. The van der Waals surface area contributed by atoms with E-state index in [9.17, 15) is 13.9 Å². The molecule has 3 saturated heterocycles. The number of alkyl halides is 1. The van der Waals surface area contributed by atoms with Crippen molar-refractivity contribution in [3.8, 4) is 35.4 Å². The number of pyridine rings is 1. The van der Waals surface area contributed by atoms with E-state index in [1.165, 1.54) is 24.3 Å². The van der Waals surface area contributed by atoms with Crippen molar-refractivity contribution in [2.75, 3.05) is 31.1 Å². The van der Waals surface area contributed by atoms with E-state index in [1.54, 1.807) is 0 Å². The van der Waals surface area contributed by atoms with Crippen molar-refractivity contribution in [3.63, 3.8) is 0 Å². The highest BCUT2D eigenvalue weighted by Crippen LogP contribution is 2.46. The fourth-order valence-corrected chi connectivity index (χ4v) is 8.41. The molecule has 0 radical (unpaired) electrons. The first-order valence-electron chi connectivity index (χ1n) is 15.8. The summed E-state index contributed by atoms with van der Waals surface area (Å²) in [7, 11) is 0. The topological polar surface area (TPSA) is 74.6 Å². The summed E-state index contributed by atoms with van der Waals surface area (Å²) in [6, 6.07) is 5.61. The Morgan fingerprint density at radius 1 is 1.07 bits per heavy atom. The number of phenols is 1. The van der Waals surface area contributed by atoms with Gasteiger partial charge in [-0.2, -0.15) is 9.97 Å². The smallest absolute Gasteiger partial charge is 0.319 e. The molecule has 4 aliphatic heterocycles. The van der Waals surface area contributed by atoms with Crippen molar-refractivity contribution in [2.45, 2.75) is 75.5 Å².